The summed E-state index contributed by atoms with van der Waals surface area (Å²) in [5.74, 6) is -0.996. The van der Waals surface area contributed by atoms with Gasteiger partial charge in [0, 0.05) is 12.7 Å². The summed E-state index contributed by atoms with van der Waals surface area (Å²) in [6.07, 6.45) is 1.85. The largest absolute Gasteiger partial charge is 0.486 e. The van der Waals surface area contributed by atoms with E-state index in [1.807, 2.05) is 20.8 Å². The van der Waals surface area contributed by atoms with E-state index in [2.05, 4.69) is 21.7 Å². The van der Waals surface area contributed by atoms with Gasteiger partial charge in [0.2, 0.25) is 11.8 Å². The summed E-state index contributed by atoms with van der Waals surface area (Å²) >= 11 is 0. The molecule has 2 aliphatic heterocycles. The minimum Gasteiger partial charge on any atom is -0.486 e. The molecule has 0 spiro atoms. The Hall–Kier alpha value is -3.62. The quantitative estimate of drug-likeness (QED) is 0.531. The number of carbonyl (C=O) groups excluding carboxylic acids is 3. The maximum atomic E-state index is 15.0. The SMILES string of the molecule is CC(C)OC(=O)NC(C(=O)N1CC2C3CC(F)C(C3)C2C1C(=O)NC(C#N)c1cncc2c1OCCO2)C(C)(C)C. The average Bonchev–Trinajstić information content (AvgIpc) is 3.59. The summed E-state index contributed by atoms with van der Waals surface area (Å²) in [6.45, 7) is 9.77. The van der Waals surface area contributed by atoms with Gasteiger partial charge in [0.25, 0.3) is 0 Å². The maximum Gasteiger partial charge on any atom is 0.408 e. The van der Waals surface area contributed by atoms with Crippen LogP contribution in [0.5, 0.6) is 11.5 Å². The number of nitriles is 1. The topological polar surface area (TPSA) is 143 Å². The van der Waals surface area contributed by atoms with Crippen molar-refractivity contribution in [3.63, 3.8) is 0 Å². The number of alkyl carbamates (subject to hydrolysis) is 1. The van der Waals surface area contributed by atoms with Crippen LogP contribution in [0.1, 0.15) is 59.1 Å². The zero-order valence-corrected chi connectivity index (χ0v) is 24.1. The summed E-state index contributed by atoms with van der Waals surface area (Å²) in [7, 11) is 0. The van der Waals surface area contributed by atoms with Gasteiger partial charge in [0.05, 0.1) is 23.9 Å². The normalized spacial score (nSPS) is 29.4. The first-order valence-corrected chi connectivity index (χ1v) is 14.3. The van der Waals surface area contributed by atoms with E-state index in [0.717, 1.165) is 0 Å². The van der Waals surface area contributed by atoms with Crippen LogP contribution in [0.3, 0.4) is 0 Å². The number of fused-ring (bicyclic) bond motifs is 6. The third-order valence-corrected chi connectivity index (χ3v) is 8.74. The minimum absolute atomic E-state index is 0.0432. The number of carbonyl (C=O) groups is 3. The van der Waals surface area contributed by atoms with E-state index in [0.29, 0.717) is 36.5 Å². The molecule has 3 heterocycles. The highest BCUT2D eigenvalue weighted by Crippen LogP contribution is 2.58. The monoisotopic (exact) mass is 571 g/mol. The second-order valence-electron chi connectivity index (χ2n) is 12.8. The molecule has 11 nitrogen and oxygen atoms in total. The number of rotatable bonds is 6. The van der Waals surface area contributed by atoms with Crippen LogP contribution in [0.25, 0.3) is 0 Å². The van der Waals surface area contributed by atoms with Gasteiger partial charge in [-0.3, -0.25) is 14.6 Å². The summed E-state index contributed by atoms with van der Waals surface area (Å²) in [6, 6.07) is -1.04. The fourth-order valence-electron chi connectivity index (χ4n) is 7.06. The number of nitrogens with zero attached hydrogens (tertiary/aromatic N) is 3. The van der Waals surface area contributed by atoms with Crippen molar-refractivity contribution in [2.24, 2.45) is 29.1 Å². The van der Waals surface area contributed by atoms with Crippen LogP contribution in [0, 0.1) is 40.4 Å². The lowest BCUT2D eigenvalue weighted by Crippen LogP contribution is -2.59. The smallest absolute Gasteiger partial charge is 0.408 e. The highest BCUT2D eigenvalue weighted by molar-refractivity contribution is 5.93. The first-order chi connectivity index (χ1) is 19.4. The Labute approximate surface area is 239 Å². The molecule has 1 aromatic heterocycles. The number of likely N-dealkylation sites (tertiary alicyclic amines) is 1. The predicted octanol–water partition coefficient (Wildman–Crippen LogP) is 2.90. The molecular formula is C29H38FN5O6. The molecule has 222 valence electrons. The number of pyridine rings is 1. The lowest BCUT2D eigenvalue weighted by atomic mass is 9.77. The van der Waals surface area contributed by atoms with E-state index in [4.69, 9.17) is 14.2 Å². The Bertz CT molecular complexity index is 1250. The number of hydrogen-bond donors (Lipinski definition) is 2. The van der Waals surface area contributed by atoms with E-state index in [1.165, 1.54) is 17.3 Å². The van der Waals surface area contributed by atoms with Crippen LogP contribution in [-0.2, 0) is 14.3 Å². The summed E-state index contributed by atoms with van der Waals surface area (Å²) in [5.41, 5.74) is -0.373. The molecular weight excluding hydrogens is 533 g/mol. The lowest BCUT2D eigenvalue weighted by molar-refractivity contribution is -0.143. The summed E-state index contributed by atoms with van der Waals surface area (Å²) < 4.78 is 31.6. The third-order valence-electron chi connectivity index (χ3n) is 8.74. The Balaban J connectivity index is 1.45. The van der Waals surface area contributed by atoms with Gasteiger partial charge in [-0.25, -0.2) is 9.18 Å². The van der Waals surface area contributed by atoms with E-state index in [1.54, 1.807) is 13.8 Å². The Morgan fingerprint density at radius 1 is 1.15 bits per heavy atom. The molecule has 2 aliphatic carbocycles. The number of nitrogens with one attached hydrogen (secondary N) is 2. The van der Waals surface area contributed by atoms with Crippen molar-refractivity contribution in [1.29, 1.82) is 5.26 Å². The molecule has 8 atom stereocenters. The Morgan fingerprint density at radius 2 is 1.88 bits per heavy atom. The molecule has 0 aromatic carbocycles. The highest BCUT2D eigenvalue weighted by atomic mass is 19.1. The van der Waals surface area contributed by atoms with Crippen molar-refractivity contribution >= 4 is 17.9 Å². The molecule has 1 saturated heterocycles. The first kappa shape index (κ1) is 28.9. The fraction of sp³-hybridized carbons (Fsp3) is 0.690. The summed E-state index contributed by atoms with van der Waals surface area (Å²) in [5, 5.41) is 15.5. The highest BCUT2D eigenvalue weighted by Gasteiger charge is 2.63. The van der Waals surface area contributed by atoms with Crippen molar-refractivity contribution in [3.8, 4) is 17.6 Å². The van der Waals surface area contributed by atoms with Crippen molar-refractivity contribution in [2.75, 3.05) is 19.8 Å². The molecule has 2 saturated carbocycles. The van der Waals surface area contributed by atoms with Crippen LogP contribution < -0.4 is 20.1 Å². The molecule has 41 heavy (non-hydrogen) atoms. The number of alkyl halides is 1. The number of amides is 3. The molecule has 0 radical (unpaired) electrons. The molecule has 2 bridgehead atoms. The van der Waals surface area contributed by atoms with Gasteiger partial charge in [0.1, 0.15) is 37.5 Å². The maximum absolute atomic E-state index is 15.0. The van der Waals surface area contributed by atoms with E-state index in [-0.39, 0.29) is 37.0 Å². The van der Waals surface area contributed by atoms with Crippen molar-refractivity contribution in [2.45, 2.75) is 77.9 Å². The van der Waals surface area contributed by atoms with Crippen LogP contribution in [0.15, 0.2) is 12.4 Å². The van der Waals surface area contributed by atoms with Crippen molar-refractivity contribution in [3.05, 3.63) is 18.0 Å². The van der Waals surface area contributed by atoms with Gasteiger partial charge < -0.3 is 29.7 Å². The van der Waals surface area contributed by atoms with Gasteiger partial charge in [-0.2, -0.15) is 5.26 Å². The first-order valence-electron chi connectivity index (χ1n) is 14.3. The molecule has 12 heteroatoms. The van der Waals surface area contributed by atoms with Crippen LogP contribution in [0.2, 0.25) is 0 Å². The standard InChI is InChI=1S/C29H38FN5O6/c1-14(2)41-28(38)34-25(29(3,4)5)27(37)35-13-18-15-8-16(19(30)9-15)22(18)23(35)26(36)33-20(10-31)17-11-32-12-21-24(17)40-7-6-39-21/h11-12,14-16,18-20,22-23,25H,6-9,13H2,1-5H3,(H,33,36)(H,34,38). The zero-order valence-electron chi connectivity index (χ0n) is 24.1. The molecule has 2 N–H and O–H groups in total. The van der Waals surface area contributed by atoms with Crippen molar-refractivity contribution < 1.29 is 33.0 Å². The predicted molar refractivity (Wildman–Crippen MR) is 143 cm³/mol. The molecule has 1 aromatic rings. The molecule has 4 aliphatic rings. The van der Waals surface area contributed by atoms with Gasteiger partial charge in [-0.15, -0.1) is 0 Å². The average molecular weight is 572 g/mol. The second kappa shape index (κ2) is 11.0. The number of aromatic nitrogens is 1. The van der Waals surface area contributed by atoms with Gasteiger partial charge in [-0.05, 0) is 55.8 Å². The van der Waals surface area contributed by atoms with E-state index in [9.17, 15) is 19.6 Å². The number of hydrogen-bond acceptors (Lipinski definition) is 8. The fourth-order valence-corrected chi connectivity index (χ4v) is 7.06. The van der Waals surface area contributed by atoms with Gasteiger partial charge in [0.15, 0.2) is 11.5 Å². The van der Waals surface area contributed by atoms with Gasteiger partial charge >= 0.3 is 6.09 Å². The van der Waals surface area contributed by atoms with Crippen LogP contribution >= 0.6 is 0 Å². The third kappa shape index (κ3) is 5.38. The van der Waals surface area contributed by atoms with E-state index < -0.39 is 53.5 Å². The number of ether oxygens (including phenoxy) is 3. The van der Waals surface area contributed by atoms with Crippen LogP contribution in [-0.4, -0.2) is 71.9 Å². The van der Waals surface area contributed by atoms with Crippen molar-refractivity contribution in [1.82, 2.24) is 20.5 Å². The van der Waals surface area contributed by atoms with Crippen LogP contribution in [0.4, 0.5) is 9.18 Å². The molecule has 3 amide bonds. The lowest BCUT2D eigenvalue weighted by Gasteiger charge is -2.37. The zero-order chi connectivity index (χ0) is 29.6. The van der Waals surface area contributed by atoms with Gasteiger partial charge in [-0.1, -0.05) is 20.8 Å². The molecule has 5 rings (SSSR count). The molecule has 3 fully saturated rings. The second-order valence-corrected chi connectivity index (χ2v) is 12.8. The minimum atomic E-state index is -1.14. The Kier molecular flexibility index (Phi) is 7.74. The summed E-state index contributed by atoms with van der Waals surface area (Å²) in [4.78, 5) is 46.4. The molecule has 8 unspecified atom stereocenters. The Morgan fingerprint density at radius 3 is 2.56 bits per heavy atom. The van der Waals surface area contributed by atoms with E-state index >= 15 is 4.39 Å². The number of halogens is 1.